The summed E-state index contributed by atoms with van der Waals surface area (Å²) < 4.78 is 14.0. The maximum absolute atomic E-state index is 6.66. The average molecular weight is 452 g/mol. The van der Waals surface area contributed by atoms with Crippen LogP contribution in [0.4, 0.5) is 11.6 Å². The van der Waals surface area contributed by atoms with E-state index in [2.05, 4.69) is 62.8 Å². The zero-order valence-electron chi connectivity index (χ0n) is 19.3. The molecule has 7 nitrogen and oxygen atoms in total. The van der Waals surface area contributed by atoms with Crippen molar-refractivity contribution in [2.24, 2.45) is 0 Å². The molecule has 7 heteroatoms. The highest BCUT2D eigenvalue weighted by atomic mass is 16.5. The lowest BCUT2D eigenvalue weighted by Crippen LogP contribution is -2.32. The Hall–Kier alpha value is -4.26. The highest BCUT2D eigenvalue weighted by molar-refractivity contribution is 5.85. The van der Waals surface area contributed by atoms with Gasteiger partial charge in [-0.2, -0.15) is 10.1 Å². The van der Waals surface area contributed by atoms with Crippen LogP contribution in [0.5, 0.6) is 11.5 Å². The standard InChI is InChI=1S/C27H25N5O2/c1-31(2)19-12-8-17(9-13-19)25-23-24(30-27-28-16-29-32(25)27)21-6-4-5-7-22(21)34-26(23)18-10-14-20(33-3)15-11-18/h4-16,25-26H,1-3H3,(H,28,29,30)/t25-,26+/m1/s1. The van der Waals surface area contributed by atoms with E-state index in [-0.39, 0.29) is 12.1 Å². The highest BCUT2D eigenvalue weighted by Gasteiger charge is 2.40. The predicted molar refractivity (Wildman–Crippen MR) is 132 cm³/mol. The minimum atomic E-state index is -0.306. The van der Waals surface area contributed by atoms with Gasteiger partial charge in [-0.15, -0.1) is 0 Å². The topological polar surface area (TPSA) is 64.4 Å². The van der Waals surface area contributed by atoms with Crippen molar-refractivity contribution in [3.63, 3.8) is 0 Å². The van der Waals surface area contributed by atoms with Gasteiger partial charge in [0.1, 0.15) is 30.0 Å². The fourth-order valence-electron chi connectivity index (χ4n) is 4.75. The number of ether oxygens (including phenoxy) is 2. The molecule has 1 N–H and O–H groups in total. The van der Waals surface area contributed by atoms with Crippen LogP contribution in [0.3, 0.4) is 0 Å². The Balaban J connectivity index is 1.57. The molecule has 1 aromatic heterocycles. The maximum atomic E-state index is 6.66. The van der Waals surface area contributed by atoms with Gasteiger partial charge in [0, 0.05) is 30.9 Å². The smallest absolute Gasteiger partial charge is 0.226 e. The van der Waals surface area contributed by atoms with Gasteiger partial charge < -0.3 is 19.7 Å². The normalized spacial score (nSPS) is 18.2. The largest absolute Gasteiger partial charge is 0.497 e. The van der Waals surface area contributed by atoms with Crippen molar-refractivity contribution in [2.45, 2.75) is 12.1 Å². The molecule has 0 unspecified atom stereocenters. The number of fused-ring (bicyclic) bond motifs is 3. The number of aromatic nitrogens is 3. The van der Waals surface area contributed by atoms with E-state index in [0.717, 1.165) is 45.1 Å². The third kappa shape index (κ3) is 3.20. The lowest BCUT2D eigenvalue weighted by atomic mass is 9.84. The van der Waals surface area contributed by atoms with E-state index in [0.29, 0.717) is 5.95 Å². The first-order chi connectivity index (χ1) is 16.6. The number of hydrogen-bond donors (Lipinski definition) is 1. The molecule has 0 aliphatic carbocycles. The summed E-state index contributed by atoms with van der Waals surface area (Å²) in [6, 6.07) is 24.6. The van der Waals surface area contributed by atoms with Crippen LogP contribution in [0.2, 0.25) is 0 Å². The van der Waals surface area contributed by atoms with Crippen LogP contribution in [0.1, 0.15) is 28.8 Å². The van der Waals surface area contributed by atoms with Crippen LogP contribution < -0.4 is 19.7 Å². The molecule has 4 aromatic rings. The maximum Gasteiger partial charge on any atom is 0.226 e. The first-order valence-electron chi connectivity index (χ1n) is 11.2. The van der Waals surface area contributed by atoms with Crippen LogP contribution in [0, 0.1) is 0 Å². The number of rotatable bonds is 4. The van der Waals surface area contributed by atoms with Gasteiger partial charge in [0.05, 0.1) is 12.8 Å². The Bertz CT molecular complexity index is 1370. The number of methoxy groups -OCH3 is 1. The summed E-state index contributed by atoms with van der Waals surface area (Å²) >= 11 is 0. The van der Waals surface area contributed by atoms with E-state index in [4.69, 9.17) is 9.47 Å². The molecule has 2 aliphatic heterocycles. The molecule has 6 rings (SSSR count). The van der Waals surface area contributed by atoms with E-state index >= 15 is 0 Å². The fraction of sp³-hybridized carbons (Fsp3) is 0.185. The minimum absolute atomic E-state index is 0.176. The first kappa shape index (κ1) is 20.4. The summed E-state index contributed by atoms with van der Waals surface area (Å²) in [6.45, 7) is 0. The second-order valence-corrected chi connectivity index (χ2v) is 8.64. The highest BCUT2D eigenvalue weighted by Crippen LogP contribution is 2.50. The number of hydrogen-bond acceptors (Lipinski definition) is 6. The van der Waals surface area contributed by atoms with Crippen molar-refractivity contribution in [3.8, 4) is 11.5 Å². The van der Waals surface area contributed by atoms with Crippen molar-refractivity contribution < 1.29 is 9.47 Å². The quantitative estimate of drug-likeness (QED) is 0.476. The fourth-order valence-corrected chi connectivity index (χ4v) is 4.75. The third-order valence-electron chi connectivity index (χ3n) is 6.47. The first-order valence-corrected chi connectivity index (χ1v) is 11.2. The van der Waals surface area contributed by atoms with Crippen molar-refractivity contribution in [1.82, 2.24) is 14.8 Å². The van der Waals surface area contributed by atoms with Crippen molar-refractivity contribution >= 4 is 17.3 Å². The van der Waals surface area contributed by atoms with E-state index in [1.165, 1.54) is 0 Å². The second-order valence-electron chi connectivity index (χ2n) is 8.64. The van der Waals surface area contributed by atoms with Crippen molar-refractivity contribution in [1.29, 1.82) is 0 Å². The summed E-state index contributed by atoms with van der Waals surface area (Å²) in [6.07, 6.45) is 1.29. The lowest BCUT2D eigenvalue weighted by Gasteiger charge is -2.39. The zero-order chi connectivity index (χ0) is 23.2. The summed E-state index contributed by atoms with van der Waals surface area (Å²) in [5.74, 6) is 2.36. The number of benzene rings is 3. The van der Waals surface area contributed by atoms with Gasteiger partial charge in [-0.25, -0.2) is 4.68 Å². The Kier molecular flexibility index (Phi) is 4.76. The minimum Gasteiger partial charge on any atom is -0.497 e. The molecule has 0 radical (unpaired) electrons. The van der Waals surface area contributed by atoms with Gasteiger partial charge >= 0.3 is 0 Å². The molecule has 3 aromatic carbocycles. The Morgan fingerprint density at radius 3 is 2.41 bits per heavy atom. The molecule has 0 saturated carbocycles. The molecule has 0 saturated heterocycles. The molecule has 34 heavy (non-hydrogen) atoms. The summed E-state index contributed by atoms with van der Waals surface area (Å²) in [5.41, 5.74) is 6.44. The van der Waals surface area contributed by atoms with Crippen LogP contribution in [-0.4, -0.2) is 36.0 Å². The third-order valence-corrected chi connectivity index (χ3v) is 6.47. The van der Waals surface area contributed by atoms with E-state index in [1.807, 2.05) is 49.1 Å². The van der Waals surface area contributed by atoms with E-state index in [9.17, 15) is 0 Å². The molecule has 2 aliphatic rings. The van der Waals surface area contributed by atoms with E-state index < -0.39 is 0 Å². The molecule has 0 fully saturated rings. The number of nitrogens with one attached hydrogen (secondary N) is 1. The molecule has 3 heterocycles. The van der Waals surface area contributed by atoms with Crippen LogP contribution in [0.25, 0.3) is 5.70 Å². The summed E-state index contributed by atoms with van der Waals surface area (Å²) in [7, 11) is 5.76. The van der Waals surface area contributed by atoms with Gasteiger partial charge in [-0.05, 0) is 47.5 Å². The molecule has 0 bridgehead atoms. The van der Waals surface area contributed by atoms with Crippen LogP contribution in [-0.2, 0) is 0 Å². The summed E-state index contributed by atoms with van der Waals surface area (Å²) in [5, 5.41) is 8.14. The summed E-state index contributed by atoms with van der Waals surface area (Å²) in [4.78, 5) is 6.60. The Morgan fingerprint density at radius 2 is 1.68 bits per heavy atom. The lowest BCUT2D eigenvalue weighted by molar-refractivity contribution is 0.223. The van der Waals surface area contributed by atoms with Crippen LogP contribution in [0.15, 0.2) is 84.7 Å². The molecule has 0 spiro atoms. The number of para-hydroxylation sites is 1. The van der Waals surface area contributed by atoms with Crippen LogP contribution >= 0.6 is 0 Å². The molecule has 0 amide bonds. The van der Waals surface area contributed by atoms with Gasteiger partial charge in [0.15, 0.2) is 0 Å². The van der Waals surface area contributed by atoms with Crippen molar-refractivity contribution in [2.75, 3.05) is 31.4 Å². The Morgan fingerprint density at radius 1 is 0.941 bits per heavy atom. The SMILES string of the molecule is COc1ccc([C@@H]2Oc3ccccc3C3=C2[C@@H](c2ccc(N(C)C)cc2)n2ncnc2N3)cc1. The molecular weight excluding hydrogens is 426 g/mol. The monoisotopic (exact) mass is 451 g/mol. The van der Waals surface area contributed by atoms with Gasteiger partial charge in [-0.1, -0.05) is 36.4 Å². The van der Waals surface area contributed by atoms with E-state index in [1.54, 1.807) is 13.4 Å². The predicted octanol–water partition coefficient (Wildman–Crippen LogP) is 4.91. The Labute approximate surface area is 198 Å². The average Bonchev–Trinajstić information content (AvgIpc) is 3.35. The molecule has 2 atom stereocenters. The zero-order valence-corrected chi connectivity index (χ0v) is 19.3. The van der Waals surface area contributed by atoms with Crippen molar-refractivity contribution in [3.05, 3.63) is 101 Å². The molecular formula is C27H25N5O2. The number of anilines is 2. The van der Waals surface area contributed by atoms with Gasteiger partial charge in [0.2, 0.25) is 5.95 Å². The van der Waals surface area contributed by atoms with Gasteiger partial charge in [-0.3, -0.25) is 0 Å². The number of nitrogens with zero attached hydrogens (tertiary/aromatic N) is 4. The van der Waals surface area contributed by atoms with Gasteiger partial charge in [0.25, 0.3) is 0 Å². The molecule has 170 valence electrons. The second kappa shape index (κ2) is 7.95.